The molecule has 0 aromatic carbocycles. The molecule has 2 heterocycles. The van der Waals surface area contributed by atoms with Crippen LogP contribution in [0.1, 0.15) is 30.5 Å². The van der Waals surface area contributed by atoms with Crippen molar-refractivity contribution in [1.29, 1.82) is 0 Å². The van der Waals surface area contributed by atoms with Crippen molar-refractivity contribution in [3.8, 4) is 0 Å². The fraction of sp³-hybridized carbons (Fsp3) is 0.667. The van der Waals surface area contributed by atoms with E-state index in [1.165, 1.54) is 5.01 Å². The highest BCUT2D eigenvalue weighted by molar-refractivity contribution is 7.09. The number of likely N-dealkylation sites (tertiary alicyclic amines) is 1. The van der Waals surface area contributed by atoms with Gasteiger partial charge in [-0.15, -0.1) is 11.3 Å². The van der Waals surface area contributed by atoms with E-state index in [4.69, 9.17) is 0 Å². The van der Waals surface area contributed by atoms with Gasteiger partial charge in [-0.2, -0.15) is 0 Å². The maximum Gasteiger partial charge on any atom is 0.237 e. The van der Waals surface area contributed by atoms with E-state index in [0.717, 1.165) is 38.0 Å². The number of nitrogens with one attached hydrogen (secondary N) is 1. The van der Waals surface area contributed by atoms with Gasteiger partial charge < -0.3 is 5.32 Å². The number of aromatic nitrogens is 1. The van der Waals surface area contributed by atoms with Crippen LogP contribution in [0.2, 0.25) is 0 Å². The molecule has 1 fully saturated rings. The molecule has 1 N–H and O–H groups in total. The van der Waals surface area contributed by atoms with Crippen LogP contribution in [0.3, 0.4) is 0 Å². The maximum absolute atomic E-state index is 11.7. The number of carbonyl (C=O) groups is 1. The zero-order valence-electron chi connectivity index (χ0n) is 10.4. The summed E-state index contributed by atoms with van der Waals surface area (Å²) >= 11 is 1.71. The summed E-state index contributed by atoms with van der Waals surface area (Å²) < 4.78 is 0. The molecule has 1 aliphatic heterocycles. The largest absolute Gasteiger partial charge is 0.358 e. The maximum atomic E-state index is 11.7. The van der Waals surface area contributed by atoms with Crippen LogP contribution in [-0.4, -0.2) is 35.4 Å². The average molecular weight is 253 g/mol. The van der Waals surface area contributed by atoms with E-state index in [0.29, 0.717) is 0 Å². The summed E-state index contributed by atoms with van der Waals surface area (Å²) in [5, 5.41) is 6.03. The van der Waals surface area contributed by atoms with Gasteiger partial charge in [0.15, 0.2) is 0 Å². The zero-order valence-corrected chi connectivity index (χ0v) is 11.2. The lowest BCUT2D eigenvalue weighted by atomic mass is 10.2. The highest BCUT2D eigenvalue weighted by Crippen LogP contribution is 2.21. The van der Waals surface area contributed by atoms with Gasteiger partial charge in [-0.25, -0.2) is 4.98 Å². The van der Waals surface area contributed by atoms with Gasteiger partial charge in [-0.3, -0.25) is 9.69 Å². The van der Waals surface area contributed by atoms with Crippen molar-refractivity contribution < 1.29 is 4.79 Å². The zero-order chi connectivity index (χ0) is 12.3. The van der Waals surface area contributed by atoms with Crippen molar-refractivity contribution >= 4 is 17.2 Å². The number of hydrogen-bond acceptors (Lipinski definition) is 4. The first kappa shape index (κ1) is 12.5. The Morgan fingerprint density at radius 3 is 3.18 bits per heavy atom. The molecule has 1 saturated heterocycles. The van der Waals surface area contributed by atoms with E-state index in [2.05, 4.69) is 27.5 Å². The Labute approximate surface area is 106 Å². The van der Waals surface area contributed by atoms with Gasteiger partial charge in [0.25, 0.3) is 0 Å². The van der Waals surface area contributed by atoms with Crippen LogP contribution >= 0.6 is 11.3 Å². The molecule has 17 heavy (non-hydrogen) atoms. The Hall–Kier alpha value is -0.940. The second-order valence-electron chi connectivity index (χ2n) is 4.33. The molecule has 0 unspecified atom stereocenters. The van der Waals surface area contributed by atoms with E-state index in [1.807, 2.05) is 0 Å². The Morgan fingerprint density at radius 1 is 1.71 bits per heavy atom. The fourth-order valence-corrected chi connectivity index (χ4v) is 3.01. The van der Waals surface area contributed by atoms with E-state index in [-0.39, 0.29) is 11.9 Å². The molecule has 0 spiro atoms. The van der Waals surface area contributed by atoms with Gasteiger partial charge in [0.2, 0.25) is 5.91 Å². The summed E-state index contributed by atoms with van der Waals surface area (Å²) in [7, 11) is 1.71. The SMILES string of the molecule is CCc1nc(CN2CCC[C@@H]2C(=O)NC)cs1. The first-order valence-corrected chi connectivity index (χ1v) is 7.01. The fourth-order valence-electron chi connectivity index (χ4n) is 2.27. The molecule has 1 atom stereocenters. The molecule has 0 saturated carbocycles. The van der Waals surface area contributed by atoms with Crippen LogP contribution in [-0.2, 0) is 17.8 Å². The first-order chi connectivity index (χ1) is 8.24. The monoisotopic (exact) mass is 253 g/mol. The molecule has 94 valence electrons. The van der Waals surface area contributed by atoms with E-state index < -0.39 is 0 Å². The summed E-state index contributed by atoms with van der Waals surface area (Å²) in [6, 6.07) is 0.0341. The third-order valence-corrected chi connectivity index (χ3v) is 4.22. The van der Waals surface area contributed by atoms with Gasteiger partial charge in [0.05, 0.1) is 16.7 Å². The number of aryl methyl sites for hydroxylation is 1. The molecule has 1 amide bonds. The lowest BCUT2D eigenvalue weighted by molar-refractivity contribution is -0.125. The van der Waals surface area contributed by atoms with Crippen LogP contribution in [0.5, 0.6) is 0 Å². The number of nitrogens with zero attached hydrogens (tertiary/aromatic N) is 2. The molecule has 0 bridgehead atoms. The van der Waals surface area contributed by atoms with Crippen molar-refractivity contribution in [2.24, 2.45) is 0 Å². The Kier molecular flexibility index (Phi) is 4.12. The number of amides is 1. The number of likely N-dealkylation sites (N-methyl/N-ethyl adjacent to an activating group) is 1. The van der Waals surface area contributed by atoms with Crippen molar-refractivity contribution in [2.75, 3.05) is 13.6 Å². The summed E-state index contributed by atoms with van der Waals surface area (Å²) in [5.74, 6) is 0.133. The first-order valence-electron chi connectivity index (χ1n) is 6.13. The van der Waals surface area contributed by atoms with Crippen molar-refractivity contribution in [3.63, 3.8) is 0 Å². The summed E-state index contributed by atoms with van der Waals surface area (Å²) in [6.07, 6.45) is 3.05. The predicted molar refractivity (Wildman–Crippen MR) is 69.0 cm³/mol. The van der Waals surface area contributed by atoms with E-state index >= 15 is 0 Å². The minimum Gasteiger partial charge on any atom is -0.358 e. The van der Waals surface area contributed by atoms with E-state index in [9.17, 15) is 4.79 Å². The number of rotatable bonds is 4. The smallest absolute Gasteiger partial charge is 0.237 e. The lowest BCUT2D eigenvalue weighted by Gasteiger charge is -2.21. The predicted octanol–water partition coefficient (Wildman–Crippen LogP) is 1.42. The summed E-state index contributed by atoms with van der Waals surface area (Å²) in [5.41, 5.74) is 1.10. The summed E-state index contributed by atoms with van der Waals surface area (Å²) in [6.45, 7) is 3.91. The quantitative estimate of drug-likeness (QED) is 0.882. The van der Waals surface area contributed by atoms with Gasteiger partial charge in [-0.05, 0) is 25.8 Å². The second kappa shape index (κ2) is 5.60. The standard InChI is InChI=1S/C12H19N3OS/c1-3-11-14-9(8-17-11)7-15-6-4-5-10(15)12(16)13-2/h8,10H,3-7H2,1-2H3,(H,13,16)/t10-/m1/s1. The number of hydrogen-bond donors (Lipinski definition) is 1. The third-order valence-electron chi connectivity index (χ3n) is 3.18. The minimum absolute atomic E-state index is 0.0341. The molecular weight excluding hydrogens is 234 g/mol. The Bertz CT molecular complexity index is 391. The van der Waals surface area contributed by atoms with Crippen LogP contribution < -0.4 is 5.32 Å². The number of thiazole rings is 1. The molecular formula is C12H19N3OS. The van der Waals surface area contributed by atoms with Gasteiger partial charge in [-0.1, -0.05) is 6.92 Å². The highest BCUT2D eigenvalue weighted by Gasteiger charge is 2.30. The average Bonchev–Trinajstić information content (AvgIpc) is 2.97. The Morgan fingerprint density at radius 2 is 2.53 bits per heavy atom. The Balaban J connectivity index is 2.00. The van der Waals surface area contributed by atoms with Crippen LogP contribution in [0, 0.1) is 0 Å². The minimum atomic E-state index is 0.0341. The van der Waals surface area contributed by atoms with Gasteiger partial charge in [0, 0.05) is 19.0 Å². The molecule has 0 radical (unpaired) electrons. The normalized spacial score (nSPS) is 20.7. The summed E-state index contributed by atoms with van der Waals surface area (Å²) in [4.78, 5) is 18.5. The molecule has 4 nitrogen and oxygen atoms in total. The molecule has 2 rings (SSSR count). The highest BCUT2D eigenvalue weighted by atomic mass is 32.1. The topological polar surface area (TPSA) is 45.2 Å². The molecule has 1 aromatic heterocycles. The second-order valence-corrected chi connectivity index (χ2v) is 5.27. The van der Waals surface area contributed by atoms with Crippen molar-refractivity contribution in [1.82, 2.24) is 15.2 Å². The van der Waals surface area contributed by atoms with Crippen molar-refractivity contribution in [3.05, 3.63) is 16.1 Å². The molecule has 1 aromatic rings. The third kappa shape index (κ3) is 2.84. The van der Waals surface area contributed by atoms with Crippen LogP contribution in [0.4, 0.5) is 0 Å². The van der Waals surface area contributed by atoms with Crippen LogP contribution in [0.15, 0.2) is 5.38 Å². The van der Waals surface area contributed by atoms with Crippen LogP contribution in [0.25, 0.3) is 0 Å². The molecule has 0 aliphatic carbocycles. The van der Waals surface area contributed by atoms with Gasteiger partial charge >= 0.3 is 0 Å². The van der Waals surface area contributed by atoms with Gasteiger partial charge in [0.1, 0.15) is 0 Å². The molecule has 1 aliphatic rings. The number of carbonyl (C=O) groups excluding carboxylic acids is 1. The molecule has 5 heteroatoms. The van der Waals surface area contributed by atoms with Crippen molar-refractivity contribution in [2.45, 2.75) is 38.8 Å². The van der Waals surface area contributed by atoms with E-state index in [1.54, 1.807) is 18.4 Å². The lowest BCUT2D eigenvalue weighted by Crippen LogP contribution is -2.41.